The Hall–Kier alpha value is -1.71. The molecule has 1 unspecified atom stereocenters. The quantitative estimate of drug-likeness (QED) is 0.755. The van der Waals surface area contributed by atoms with Crippen LogP contribution in [0, 0.1) is 17.8 Å². The largest absolute Gasteiger partial charge is 0.407 e. The first-order chi connectivity index (χ1) is 12.4. The molecular formula is C23H28O2Si. The Morgan fingerprint density at radius 3 is 1.77 bits per heavy atom. The molecule has 0 bridgehead atoms. The van der Waals surface area contributed by atoms with Gasteiger partial charge in [-0.3, -0.25) is 4.79 Å². The standard InChI is InChI=1S/C23H28O2Si/c1-23(2,3)26(18-10-6-4-7-11-18,19-12-8-5-9-13-19)25-16-22-20-14-17(24)15-21(20)22/h4-13,20-22H,14-16H2,1-3H3/t20-,21+,22?. The Kier molecular flexibility index (Phi) is 4.40. The van der Waals surface area contributed by atoms with Crippen LogP contribution >= 0.6 is 0 Å². The fourth-order valence-electron chi connectivity index (χ4n) is 4.97. The second-order valence-electron chi connectivity index (χ2n) is 8.91. The van der Waals surface area contributed by atoms with Crippen molar-refractivity contribution in [1.82, 2.24) is 0 Å². The second kappa shape index (κ2) is 6.47. The highest BCUT2D eigenvalue weighted by molar-refractivity contribution is 6.99. The summed E-state index contributed by atoms with van der Waals surface area (Å²) in [5, 5.41) is 2.69. The van der Waals surface area contributed by atoms with E-state index in [2.05, 4.69) is 81.4 Å². The van der Waals surface area contributed by atoms with E-state index in [1.807, 2.05) is 0 Å². The van der Waals surface area contributed by atoms with Crippen molar-refractivity contribution >= 4 is 24.5 Å². The monoisotopic (exact) mass is 364 g/mol. The maximum absolute atomic E-state index is 11.6. The smallest absolute Gasteiger partial charge is 0.261 e. The summed E-state index contributed by atoms with van der Waals surface area (Å²) >= 11 is 0. The summed E-state index contributed by atoms with van der Waals surface area (Å²) in [4.78, 5) is 11.6. The minimum atomic E-state index is -2.42. The zero-order valence-corrected chi connectivity index (χ0v) is 16.9. The summed E-state index contributed by atoms with van der Waals surface area (Å²) in [6, 6.07) is 21.6. The van der Waals surface area contributed by atoms with Gasteiger partial charge < -0.3 is 4.43 Å². The van der Waals surface area contributed by atoms with Crippen molar-refractivity contribution in [2.75, 3.05) is 6.61 Å². The lowest BCUT2D eigenvalue weighted by molar-refractivity contribution is -0.118. The van der Waals surface area contributed by atoms with E-state index >= 15 is 0 Å². The van der Waals surface area contributed by atoms with Crippen molar-refractivity contribution < 1.29 is 9.22 Å². The normalized spacial score (nSPS) is 25.2. The van der Waals surface area contributed by atoms with Crippen molar-refractivity contribution in [2.24, 2.45) is 17.8 Å². The molecular weight excluding hydrogens is 336 g/mol. The summed E-state index contributed by atoms with van der Waals surface area (Å²) in [6.45, 7) is 7.74. The number of fused-ring (bicyclic) bond motifs is 1. The van der Waals surface area contributed by atoms with Crippen LogP contribution in [-0.4, -0.2) is 20.7 Å². The lowest BCUT2D eigenvalue weighted by atomic mass is 10.1. The van der Waals surface area contributed by atoms with E-state index in [-0.39, 0.29) is 5.04 Å². The summed E-state index contributed by atoms with van der Waals surface area (Å²) in [5.41, 5.74) is 0. The van der Waals surface area contributed by atoms with Crippen LogP contribution in [0.3, 0.4) is 0 Å². The minimum Gasteiger partial charge on any atom is -0.407 e. The van der Waals surface area contributed by atoms with Gasteiger partial charge in [0.25, 0.3) is 8.32 Å². The first-order valence-corrected chi connectivity index (χ1v) is 11.6. The van der Waals surface area contributed by atoms with Gasteiger partial charge in [0.1, 0.15) is 5.78 Å². The molecule has 2 aromatic carbocycles. The fraction of sp³-hybridized carbons (Fsp3) is 0.435. The molecule has 0 heterocycles. The van der Waals surface area contributed by atoms with Crippen LogP contribution in [0.4, 0.5) is 0 Å². The van der Waals surface area contributed by atoms with Crippen LogP contribution in [0.2, 0.25) is 5.04 Å². The third-order valence-corrected chi connectivity index (χ3v) is 11.3. The topological polar surface area (TPSA) is 26.3 Å². The number of carbonyl (C=O) groups excluding carboxylic acids is 1. The molecule has 26 heavy (non-hydrogen) atoms. The number of Topliss-reactive ketones (excluding diaryl/α,β-unsaturated/α-hetero) is 1. The second-order valence-corrected chi connectivity index (χ2v) is 13.2. The average Bonchev–Trinajstić information content (AvgIpc) is 3.09. The molecule has 0 amide bonds. The van der Waals surface area contributed by atoms with Crippen LogP contribution in [0.25, 0.3) is 0 Å². The number of hydrogen-bond donors (Lipinski definition) is 0. The van der Waals surface area contributed by atoms with Crippen molar-refractivity contribution in [2.45, 2.75) is 38.7 Å². The number of benzene rings is 2. The van der Waals surface area contributed by atoms with Crippen molar-refractivity contribution in [3.63, 3.8) is 0 Å². The van der Waals surface area contributed by atoms with Gasteiger partial charge in [-0.2, -0.15) is 0 Å². The fourth-order valence-corrected chi connectivity index (χ4v) is 9.57. The molecule has 2 aliphatic carbocycles. The molecule has 0 aromatic heterocycles. The lowest BCUT2D eigenvalue weighted by Crippen LogP contribution is -2.66. The molecule has 3 heteroatoms. The van der Waals surface area contributed by atoms with Crippen LogP contribution in [0.5, 0.6) is 0 Å². The van der Waals surface area contributed by atoms with Gasteiger partial charge in [0.05, 0.1) is 0 Å². The molecule has 2 aromatic rings. The van der Waals surface area contributed by atoms with Crippen LogP contribution in [-0.2, 0) is 9.22 Å². The van der Waals surface area contributed by atoms with Gasteiger partial charge in [-0.15, -0.1) is 0 Å². The summed E-state index contributed by atoms with van der Waals surface area (Å²) in [7, 11) is -2.42. The molecule has 0 spiro atoms. The minimum absolute atomic E-state index is 0.0233. The Balaban J connectivity index is 1.70. The molecule has 136 valence electrons. The molecule has 2 nitrogen and oxygen atoms in total. The summed E-state index contributed by atoms with van der Waals surface area (Å²) in [6.07, 6.45) is 1.55. The van der Waals surface area contributed by atoms with Gasteiger partial charge in [0, 0.05) is 19.4 Å². The first-order valence-electron chi connectivity index (χ1n) is 9.70. The van der Waals surface area contributed by atoms with E-state index in [1.165, 1.54) is 10.4 Å². The van der Waals surface area contributed by atoms with E-state index in [0.29, 0.717) is 23.5 Å². The Morgan fingerprint density at radius 1 is 0.885 bits per heavy atom. The van der Waals surface area contributed by atoms with Crippen LogP contribution in [0.15, 0.2) is 60.7 Å². The van der Waals surface area contributed by atoms with Gasteiger partial charge in [-0.05, 0) is 33.2 Å². The zero-order chi connectivity index (χ0) is 18.4. The Labute approximate surface area is 157 Å². The van der Waals surface area contributed by atoms with Gasteiger partial charge in [-0.1, -0.05) is 81.4 Å². The van der Waals surface area contributed by atoms with Crippen molar-refractivity contribution in [3.8, 4) is 0 Å². The van der Waals surface area contributed by atoms with Crippen molar-refractivity contribution in [3.05, 3.63) is 60.7 Å². The average molecular weight is 365 g/mol. The lowest BCUT2D eigenvalue weighted by Gasteiger charge is -2.43. The molecule has 0 aliphatic heterocycles. The predicted molar refractivity (Wildman–Crippen MR) is 108 cm³/mol. The van der Waals surface area contributed by atoms with Gasteiger partial charge in [-0.25, -0.2) is 0 Å². The Morgan fingerprint density at radius 2 is 1.35 bits per heavy atom. The van der Waals surface area contributed by atoms with Crippen molar-refractivity contribution in [1.29, 1.82) is 0 Å². The molecule has 3 atom stereocenters. The molecule has 0 saturated heterocycles. The number of carbonyl (C=O) groups is 1. The summed E-state index contributed by atoms with van der Waals surface area (Å²) < 4.78 is 6.99. The molecule has 0 radical (unpaired) electrons. The predicted octanol–water partition coefficient (Wildman–Crippen LogP) is 3.79. The van der Waals surface area contributed by atoms with Gasteiger partial charge in [0.2, 0.25) is 0 Å². The van der Waals surface area contributed by atoms with E-state index < -0.39 is 8.32 Å². The van der Waals surface area contributed by atoms with E-state index in [0.717, 1.165) is 19.4 Å². The van der Waals surface area contributed by atoms with E-state index in [1.54, 1.807) is 0 Å². The maximum atomic E-state index is 11.6. The van der Waals surface area contributed by atoms with Crippen LogP contribution in [0.1, 0.15) is 33.6 Å². The SMILES string of the molecule is CC(C)(C)[Si](OCC1[C@H]2CC(=O)C[C@@H]12)(c1ccccc1)c1ccccc1. The molecule has 0 N–H and O–H groups in total. The summed E-state index contributed by atoms with van der Waals surface area (Å²) in [5.74, 6) is 2.19. The number of rotatable bonds is 5. The molecule has 2 saturated carbocycles. The maximum Gasteiger partial charge on any atom is 0.261 e. The third kappa shape index (κ3) is 2.87. The van der Waals surface area contributed by atoms with E-state index in [4.69, 9.17) is 4.43 Å². The van der Waals surface area contributed by atoms with Crippen LogP contribution < -0.4 is 10.4 Å². The van der Waals surface area contributed by atoms with E-state index in [9.17, 15) is 4.79 Å². The third-order valence-electron chi connectivity index (χ3n) is 6.34. The molecule has 4 rings (SSSR count). The first kappa shape index (κ1) is 17.7. The van der Waals surface area contributed by atoms with Gasteiger partial charge >= 0.3 is 0 Å². The highest BCUT2D eigenvalue weighted by Crippen LogP contribution is 2.56. The highest BCUT2D eigenvalue weighted by Gasteiger charge is 2.58. The molecule has 2 aliphatic rings. The number of hydrogen-bond acceptors (Lipinski definition) is 2. The Bertz CT molecular complexity index is 725. The zero-order valence-electron chi connectivity index (χ0n) is 15.9. The van der Waals surface area contributed by atoms with Gasteiger partial charge in [0.15, 0.2) is 0 Å². The highest BCUT2D eigenvalue weighted by atomic mass is 28.4. The molecule has 2 fully saturated rings. The number of ketones is 1.